The maximum atomic E-state index is 12.8. The summed E-state index contributed by atoms with van der Waals surface area (Å²) in [4.78, 5) is 19.5. The Morgan fingerprint density at radius 2 is 2.04 bits per heavy atom. The molecule has 1 amide bonds. The number of para-hydroxylation sites is 1. The number of hydrogen-bond acceptors (Lipinski definition) is 3. The molecule has 132 valence electrons. The quantitative estimate of drug-likeness (QED) is 0.626. The monoisotopic (exact) mass is 362 g/mol. The third-order valence-corrected chi connectivity index (χ3v) is 5.93. The highest BCUT2D eigenvalue weighted by atomic mass is 32.2. The van der Waals surface area contributed by atoms with Gasteiger partial charge in [0.15, 0.2) is 0 Å². The number of hydrogen-bond donors (Lipinski definition) is 0. The lowest BCUT2D eigenvalue weighted by atomic mass is 10.1. The Labute approximate surface area is 158 Å². The Balaban J connectivity index is 1.55. The summed E-state index contributed by atoms with van der Waals surface area (Å²) in [5.41, 5.74) is 5.75. The van der Waals surface area contributed by atoms with Gasteiger partial charge in [0, 0.05) is 17.6 Å². The zero-order valence-electron chi connectivity index (χ0n) is 15.2. The van der Waals surface area contributed by atoms with E-state index >= 15 is 0 Å². The number of pyridine rings is 1. The molecule has 0 atom stereocenters. The fourth-order valence-corrected chi connectivity index (χ4v) is 4.45. The molecule has 0 fully saturated rings. The topological polar surface area (TPSA) is 33.2 Å². The van der Waals surface area contributed by atoms with E-state index in [4.69, 9.17) is 4.98 Å². The average molecular weight is 362 g/mol. The molecular weight excluding hydrogens is 340 g/mol. The van der Waals surface area contributed by atoms with Gasteiger partial charge in [-0.05, 0) is 54.7 Å². The number of aryl methyl sites for hydroxylation is 2. The van der Waals surface area contributed by atoms with E-state index in [-0.39, 0.29) is 5.91 Å². The number of aromatic nitrogens is 1. The summed E-state index contributed by atoms with van der Waals surface area (Å²) >= 11 is 1.56. The van der Waals surface area contributed by atoms with E-state index in [0.717, 1.165) is 41.0 Å². The van der Waals surface area contributed by atoms with Crippen LogP contribution in [-0.4, -0.2) is 23.2 Å². The molecule has 0 N–H and O–H groups in total. The molecule has 1 aliphatic rings. The summed E-state index contributed by atoms with van der Waals surface area (Å²) in [6.45, 7) is 5.00. The summed E-state index contributed by atoms with van der Waals surface area (Å²) in [5.74, 6) is 0.583. The van der Waals surface area contributed by atoms with E-state index in [1.165, 1.54) is 16.7 Å². The highest BCUT2D eigenvalue weighted by Crippen LogP contribution is 2.30. The number of thioether (sulfide) groups is 1. The molecule has 1 aromatic heterocycles. The lowest BCUT2D eigenvalue weighted by Crippen LogP contribution is -2.30. The Morgan fingerprint density at radius 3 is 2.88 bits per heavy atom. The van der Waals surface area contributed by atoms with Crippen LogP contribution in [0, 0.1) is 6.92 Å². The van der Waals surface area contributed by atoms with Crippen LogP contribution in [0.3, 0.4) is 0 Å². The first-order chi connectivity index (χ1) is 12.7. The molecule has 0 saturated heterocycles. The number of benzene rings is 2. The number of carbonyl (C=O) groups excluding carboxylic acids is 1. The molecule has 2 aromatic carbocycles. The van der Waals surface area contributed by atoms with Gasteiger partial charge < -0.3 is 4.90 Å². The largest absolute Gasteiger partial charge is 0.311 e. The van der Waals surface area contributed by atoms with Crippen LogP contribution in [0.2, 0.25) is 0 Å². The van der Waals surface area contributed by atoms with Crippen molar-refractivity contribution >= 4 is 34.3 Å². The molecule has 0 bridgehead atoms. The first-order valence-corrected chi connectivity index (χ1v) is 10.1. The Kier molecular flexibility index (Phi) is 4.68. The van der Waals surface area contributed by atoms with Gasteiger partial charge in [-0.25, -0.2) is 4.98 Å². The highest BCUT2D eigenvalue weighted by Gasteiger charge is 2.24. The van der Waals surface area contributed by atoms with Gasteiger partial charge in [0.1, 0.15) is 5.03 Å². The number of nitrogens with zero attached hydrogens (tertiary/aromatic N) is 2. The van der Waals surface area contributed by atoms with Crippen molar-refractivity contribution in [3.8, 4) is 0 Å². The Bertz CT molecular complexity index is 983. The van der Waals surface area contributed by atoms with Crippen LogP contribution < -0.4 is 4.90 Å². The van der Waals surface area contributed by atoms with Crippen molar-refractivity contribution in [2.45, 2.75) is 31.7 Å². The predicted molar refractivity (Wildman–Crippen MR) is 109 cm³/mol. The van der Waals surface area contributed by atoms with Crippen molar-refractivity contribution < 1.29 is 4.79 Å². The minimum atomic E-state index is 0.160. The molecule has 0 radical (unpaired) electrons. The second-order valence-corrected chi connectivity index (χ2v) is 7.68. The van der Waals surface area contributed by atoms with Crippen LogP contribution in [0.15, 0.2) is 53.6 Å². The SMILES string of the molecule is CCc1cc2ccc(C)cc2nc1SCC(=O)N1CCc2ccccc21. The molecule has 0 spiro atoms. The number of carbonyl (C=O) groups is 1. The second-order valence-electron chi connectivity index (χ2n) is 6.72. The lowest BCUT2D eigenvalue weighted by Gasteiger charge is -2.17. The van der Waals surface area contributed by atoms with E-state index in [1.807, 2.05) is 23.1 Å². The summed E-state index contributed by atoms with van der Waals surface area (Å²) in [7, 11) is 0. The van der Waals surface area contributed by atoms with Gasteiger partial charge in [0.25, 0.3) is 0 Å². The van der Waals surface area contributed by atoms with Crippen LogP contribution >= 0.6 is 11.8 Å². The predicted octanol–water partition coefficient (Wildman–Crippen LogP) is 4.79. The van der Waals surface area contributed by atoms with Gasteiger partial charge in [-0.1, -0.05) is 49.0 Å². The minimum absolute atomic E-state index is 0.160. The molecule has 26 heavy (non-hydrogen) atoms. The summed E-state index contributed by atoms with van der Waals surface area (Å²) in [6, 6.07) is 16.7. The van der Waals surface area contributed by atoms with Crippen LogP contribution in [0.4, 0.5) is 5.69 Å². The highest BCUT2D eigenvalue weighted by molar-refractivity contribution is 8.00. The first-order valence-electron chi connectivity index (χ1n) is 9.07. The van der Waals surface area contributed by atoms with Crippen molar-refractivity contribution in [2.75, 3.05) is 17.2 Å². The van der Waals surface area contributed by atoms with E-state index in [0.29, 0.717) is 5.75 Å². The average Bonchev–Trinajstić information content (AvgIpc) is 3.09. The number of anilines is 1. The molecule has 2 heterocycles. The number of fused-ring (bicyclic) bond motifs is 2. The zero-order valence-corrected chi connectivity index (χ0v) is 16.0. The Morgan fingerprint density at radius 1 is 1.19 bits per heavy atom. The van der Waals surface area contributed by atoms with E-state index in [2.05, 4.69) is 44.2 Å². The Hall–Kier alpha value is -2.33. The fourth-order valence-electron chi connectivity index (χ4n) is 3.49. The van der Waals surface area contributed by atoms with Crippen LogP contribution in [-0.2, 0) is 17.6 Å². The summed E-state index contributed by atoms with van der Waals surface area (Å²) in [6.07, 6.45) is 1.86. The third-order valence-electron chi connectivity index (χ3n) is 4.91. The summed E-state index contributed by atoms with van der Waals surface area (Å²) < 4.78 is 0. The molecule has 0 saturated carbocycles. The van der Waals surface area contributed by atoms with Crippen LogP contribution in [0.5, 0.6) is 0 Å². The minimum Gasteiger partial charge on any atom is -0.311 e. The first kappa shape index (κ1) is 17.1. The molecule has 3 nitrogen and oxygen atoms in total. The van der Waals surface area contributed by atoms with Gasteiger partial charge in [-0.2, -0.15) is 0 Å². The normalized spacial score (nSPS) is 13.2. The molecular formula is C22H22N2OS. The summed E-state index contributed by atoms with van der Waals surface area (Å²) in [5, 5.41) is 2.14. The van der Waals surface area contributed by atoms with Crippen molar-refractivity contribution in [2.24, 2.45) is 0 Å². The molecule has 4 heteroatoms. The molecule has 1 aliphatic heterocycles. The fraction of sp³-hybridized carbons (Fsp3) is 0.273. The van der Waals surface area contributed by atoms with Gasteiger partial charge in [-0.15, -0.1) is 0 Å². The maximum Gasteiger partial charge on any atom is 0.237 e. The van der Waals surface area contributed by atoms with Crippen LogP contribution in [0.25, 0.3) is 10.9 Å². The molecule has 3 aromatic rings. The number of rotatable bonds is 4. The van der Waals surface area contributed by atoms with E-state index < -0.39 is 0 Å². The van der Waals surface area contributed by atoms with Gasteiger partial charge in [0.05, 0.1) is 11.3 Å². The van der Waals surface area contributed by atoms with E-state index in [9.17, 15) is 4.79 Å². The molecule has 0 aliphatic carbocycles. The van der Waals surface area contributed by atoms with E-state index in [1.54, 1.807) is 11.8 Å². The second kappa shape index (κ2) is 7.12. The third kappa shape index (κ3) is 3.21. The van der Waals surface area contributed by atoms with Gasteiger partial charge >= 0.3 is 0 Å². The molecule has 0 unspecified atom stereocenters. The number of amides is 1. The van der Waals surface area contributed by atoms with Crippen molar-refractivity contribution in [1.82, 2.24) is 4.98 Å². The van der Waals surface area contributed by atoms with Crippen molar-refractivity contribution in [3.05, 3.63) is 65.2 Å². The maximum absolute atomic E-state index is 12.8. The standard InChI is InChI=1S/C22H22N2OS/c1-3-16-13-18-9-8-15(2)12-19(18)23-22(16)26-14-21(25)24-11-10-17-6-4-5-7-20(17)24/h4-9,12-13H,3,10-11,14H2,1-2H3. The zero-order chi connectivity index (χ0) is 18.1. The van der Waals surface area contributed by atoms with Crippen molar-refractivity contribution in [3.63, 3.8) is 0 Å². The van der Waals surface area contributed by atoms with Crippen molar-refractivity contribution in [1.29, 1.82) is 0 Å². The molecule has 4 rings (SSSR count). The van der Waals surface area contributed by atoms with Gasteiger partial charge in [-0.3, -0.25) is 4.79 Å². The lowest BCUT2D eigenvalue weighted by molar-refractivity contribution is -0.116. The van der Waals surface area contributed by atoms with Crippen LogP contribution in [0.1, 0.15) is 23.6 Å². The van der Waals surface area contributed by atoms with Gasteiger partial charge in [0.2, 0.25) is 5.91 Å². The smallest absolute Gasteiger partial charge is 0.237 e.